The van der Waals surface area contributed by atoms with Gasteiger partial charge in [0, 0.05) is 46.7 Å². The molecule has 2 unspecified atom stereocenters. The second-order valence-corrected chi connectivity index (χ2v) is 9.64. The van der Waals surface area contributed by atoms with Crippen LogP contribution in [-0.4, -0.2) is 34.7 Å². The number of benzene rings is 4. The van der Waals surface area contributed by atoms with Crippen molar-refractivity contribution in [2.75, 3.05) is 23.7 Å². The molecule has 0 spiro atoms. The van der Waals surface area contributed by atoms with Crippen LogP contribution in [0.15, 0.2) is 97.1 Å². The standard InChI is InChI=1S/C32H24N6O2/c33-19-21-9-13-23(14-10-21)35-29-25-5-1-3-7-27(25)31(39)37(29)17-18-38-30(26-6-2-4-8-28(26)32(38)40)36-24-15-11-22(20-34)12-16-24/h1-16,29-30,35-36H,17-18H2. The summed E-state index contributed by atoms with van der Waals surface area (Å²) < 4.78 is 0. The van der Waals surface area contributed by atoms with E-state index in [1.54, 1.807) is 34.1 Å². The van der Waals surface area contributed by atoms with Crippen molar-refractivity contribution in [2.24, 2.45) is 0 Å². The van der Waals surface area contributed by atoms with Gasteiger partial charge in [-0.2, -0.15) is 10.5 Å². The summed E-state index contributed by atoms with van der Waals surface area (Å²) in [7, 11) is 0. The average molecular weight is 525 g/mol. The van der Waals surface area contributed by atoms with Gasteiger partial charge in [0.15, 0.2) is 0 Å². The predicted octanol–water partition coefficient (Wildman–Crippen LogP) is 5.26. The van der Waals surface area contributed by atoms with Gasteiger partial charge in [-0.1, -0.05) is 36.4 Å². The van der Waals surface area contributed by atoms with Gasteiger partial charge in [-0.3, -0.25) is 9.59 Å². The van der Waals surface area contributed by atoms with E-state index in [4.69, 9.17) is 10.5 Å². The number of rotatable bonds is 7. The lowest BCUT2D eigenvalue weighted by Crippen LogP contribution is -2.42. The summed E-state index contributed by atoms with van der Waals surface area (Å²) in [6.45, 7) is 0.597. The highest BCUT2D eigenvalue weighted by Gasteiger charge is 2.40. The Balaban J connectivity index is 1.27. The Morgan fingerprint density at radius 3 is 1.32 bits per heavy atom. The highest BCUT2D eigenvalue weighted by atomic mass is 16.2. The Labute approximate surface area is 231 Å². The van der Waals surface area contributed by atoms with E-state index in [0.717, 1.165) is 22.5 Å². The van der Waals surface area contributed by atoms with E-state index in [1.807, 2.05) is 72.8 Å². The van der Waals surface area contributed by atoms with Gasteiger partial charge in [0.2, 0.25) is 0 Å². The van der Waals surface area contributed by atoms with Crippen molar-refractivity contribution in [2.45, 2.75) is 12.3 Å². The number of hydrogen-bond donors (Lipinski definition) is 2. The van der Waals surface area contributed by atoms with Gasteiger partial charge in [-0.15, -0.1) is 0 Å². The van der Waals surface area contributed by atoms with Crippen LogP contribution in [-0.2, 0) is 0 Å². The Kier molecular flexibility index (Phi) is 6.35. The highest BCUT2D eigenvalue weighted by Crippen LogP contribution is 2.37. The van der Waals surface area contributed by atoms with E-state index in [0.29, 0.717) is 35.3 Å². The minimum Gasteiger partial charge on any atom is -0.361 e. The minimum absolute atomic E-state index is 0.109. The summed E-state index contributed by atoms with van der Waals surface area (Å²) in [6, 6.07) is 33.4. The summed E-state index contributed by atoms with van der Waals surface area (Å²) in [6.07, 6.45) is -0.858. The van der Waals surface area contributed by atoms with Crippen molar-refractivity contribution in [1.82, 2.24) is 9.80 Å². The lowest BCUT2D eigenvalue weighted by molar-refractivity contribution is 0.0634. The van der Waals surface area contributed by atoms with Gasteiger partial charge in [0.1, 0.15) is 12.3 Å². The van der Waals surface area contributed by atoms with Crippen molar-refractivity contribution in [3.63, 3.8) is 0 Å². The SMILES string of the molecule is N#Cc1ccc(NC2c3ccccc3C(=O)N2CCN2C(=O)c3ccccc3C2Nc2ccc(C#N)cc2)cc1. The van der Waals surface area contributed by atoms with Crippen molar-refractivity contribution in [1.29, 1.82) is 10.5 Å². The minimum atomic E-state index is -0.429. The highest BCUT2D eigenvalue weighted by molar-refractivity contribution is 6.00. The molecule has 0 saturated heterocycles. The molecule has 4 aromatic rings. The second kappa shape index (κ2) is 10.3. The van der Waals surface area contributed by atoms with Crippen LogP contribution in [0.5, 0.6) is 0 Å². The number of nitriles is 2. The number of hydrogen-bond acceptors (Lipinski definition) is 6. The molecule has 0 aromatic heterocycles. The van der Waals surface area contributed by atoms with Gasteiger partial charge < -0.3 is 20.4 Å². The smallest absolute Gasteiger partial charge is 0.256 e. The summed E-state index contributed by atoms with van der Waals surface area (Å²) in [4.78, 5) is 30.6. The number of amides is 2. The van der Waals surface area contributed by atoms with E-state index in [1.165, 1.54) is 0 Å². The van der Waals surface area contributed by atoms with E-state index in [2.05, 4.69) is 22.8 Å². The number of nitrogens with zero attached hydrogens (tertiary/aromatic N) is 4. The summed E-state index contributed by atoms with van der Waals surface area (Å²) >= 11 is 0. The molecule has 2 aliphatic rings. The van der Waals surface area contributed by atoms with Crippen molar-refractivity contribution >= 4 is 23.2 Å². The van der Waals surface area contributed by atoms with Crippen molar-refractivity contribution < 1.29 is 9.59 Å². The normalized spacial score (nSPS) is 17.1. The zero-order valence-corrected chi connectivity index (χ0v) is 21.4. The molecule has 8 heteroatoms. The largest absolute Gasteiger partial charge is 0.361 e. The predicted molar refractivity (Wildman–Crippen MR) is 150 cm³/mol. The van der Waals surface area contributed by atoms with E-state index < -0.39 is 12.3 Å². The lowest BCUT2D eigenvalue weighted by atomic mass is 10.1. The van der Waals surface area contributed by atoms with Crippen LogP contribution in [0.2, 0.25) is 0 Å². The first-order valence-corrected chi connectivity index (χ1v) is 12.9. The molecule has 2 aliphatic heterocycles. The number of carbonyl (C=O) groups excluding carboxylic acids is 2. The molecule has 4 aromatic carbocycles. The van der Waals surface area contributed by atoms with Gasteiger partial charge in [0.05, 0.1) is 23.3 Å². The molecule has 8 nitrogen and oxygen atoms in total. The number of nitrogens with one attached hydrogen (secondary N) is 2. The number of carbonyl (C=O) groups is 2. The van der Waals surface area contributed by atoms with Crippen molar-refractivity contribution in [3.8, 4) is 12.1 Å². The number of fused-ring (bicyclic) bond motifs is 2. The van der Waals surface area contributed by atoms with Crippen LogP contribution in [0.1, 0.15) is 55.3 Å². The molecule has 0 aliphatic carbocycles. The molecule has 2 heterocycles. The van der Waals surface area contributed by atoms with Crippen LogP contribution in [0.3, 0.4) is 0 Å². The topological polar surface area (TPSA) is 112 Å². The molecule has 2 N–H and O–H groups in total. The first-order valence-electron chi connectivity index (χ1n) is 12.9. The average Bonchev–Trinajstić information content (AvgIpc) is 3.42. The van der Waals surface area contributed by atoms with Gasteiger partial charge in [-0.05, 0) is 60.7 Å². The van der Waals surface area contributed by atoms with Crippen LogP contribution in [0, 0.1) is 22.7 Å². The van der Waals surface area contributed by atoms with Crippen LogP contribution in [0.4, 0.5) is 11.4 Å². The quantitative estimate of drug-likeness (QED) is 0.341. The molecule has 2 amide bonds. The van der Waals surface area contributed by atoms with Gasteiger partial charge in [0.25, 0.3) is 11.8 Å². The third kappa shape index (κ3) is 4.38. The van der Waals surface area contributed by atoms with Crippen LogP contribution in [0.25, 0.3) is 0 Å². The fourth-order valence-corrected chi connectivity index (χ4v) is 5.33. The molecule has 0 bridgehead atoms. The molecule has 194 valence electrons. The third-order valence-electron chi connectivity index (χ3n) is 7.33. The maximum atomic E-state index is 13.5. The van der Waals surface area contributed by atoms with E-state index in [9.17, 15) is 9.59 Å². The van der Waals surface area contributed by atoms with Crippen molar-refractivity contribution in [3.05, 3.63) is 130 Å². The third-order valence-corrected chi connectivity index (χ3v) is 7.33. The zero-order chi connectivity index (χ0) is 27.6. The summed E-state index contributed by atoms with van der Waals surface area (Å²) in [5, 5.41) is 25.2. The molecular weight excluding hydrogens is 500 g/mol. The Hall–Kier alpha value is -5.60. The molecular formula is C32H24N6O2. The van der Waals surface area contributed by atoms with Gasteiger partial charge in [-0.25, -0.2) is 0 Å². The Morgan fingerprint density at radius 2 is 0.950 bits per heavy atom. The lowest BCUT2D eigenvalue weighted by Gasteiger charge is -2.32. The maximum Gasteiger partial charge on any atom is 0.256 e. The molecule has 6 rings (SSSR count). The fraction of sp³-hybridized carbons (Fsp3) is 0.125. The molecule has 2 atom stereocenters. The van der Waals surface area contributed by atoms with Crippen LogP contribution < -0.4 is 10.6 Å². The van der Waals surface area contributed by atoms with E-state index >= 15 is 0 Å². The number of anilines is 2. The van der Waals surface area contributed by atoms with Gasteiger partial charge >= 0.3 is 0 Å². The summed E-state index contributed by atoms with van der Waals surface area (Å²) in [5.41, 5.74) is 5.64. The fourth-order valence-electron chi connectivity index (χ4n) is 5.33. The zero-order valence-electron chi connectivity index (χ0n) is 21.4. The van der Waals surface area contributed by atoms with E-state index in [-0.39, 0.29) is 11.8 Å². The maximum absolute atomic E-state index is 13.5. The molecule has 0 radical (unpaired) electrons. The second-order valence-electron chi connectivity index (χ2n) is 9.64. The van der Waals surface area contributed by atoms with Crippen LogP contribution >= 0.6 is 0 Å². The molecule has 40 heavy (non-hydrogen) atoms. The first kappa shape index (κ1) is 24.7. The Bertz CT molecular complexity index is 1560. The monoisotopic (exact) mass is 524 g/mol. The molecule has 0 saturated carbocycles. The summed E-state index contributed by atoms with van der Waals surface area (Å²) in [5.74, 6) is -0.218. The molecule has 0 fully saturated rings. The Morgan fingerprint density at radius 1 is 0.575 bits per heavy atom. The first-order chi connectivity index (χ1) is 19.6.